The lowest BCUT2D eigenvalue weighted by Gasteiger charge is -2.30. The van der Waals surface area contributed by atoms with Gasteiger partial charge in [0.15, 0.2) is 0 Å². The maximum atomic E-state index is 5.70. The molecule has 0 radical (unpaired) electrons. The number of hydrogen-bond acceptors (Lipinski definition) is 4. The van der Waals surface area contributed by atoms with E-state index in [1.165, 1.54) is 0 Å². The molecule has 1 aromatic rings. The van der Waals surface area contributed by atoms with Crippen LogP contribution in [-0.4, -0.2) is 31.3 Å². The van der Waals surface area contributed by atoms with Gasteiger partial charge in [-0.1, -0.05) is 6.92 Å². The number of nitrogens with zero attached hydrogens (tertiary/aromatic N) is 2. The Morgan fingerprint density at radius 2 is 2.31 bits per heavy atom. The molecule has 0 aliphatic carbocycles. The molecule has 0 saturated carbocycles. The Morgan fingerprint density at radius 1 is 1.56 bits per heavy atom. The predicted octanol–water partition coefficient (Wildman–Crippen LogP) is 1.92. The number of anilines is 2. The fourth-order valence-corrected chi connectivity index (χ4v) is 1.63. The summed E-state index contributed by atoms with van der Waals surface area (Å²) in [4.78, 5) is 6.30. The van der Waals surface area contributed by atoms with E-state index in [2.05, 4.69) is 23.7 Å². The van der Waals surface area contributed by atoms with Gasteiger partial charge in [-0.05, 0) is 19.4 Å². The molecule has 0 aromatic carbocycles. The molecular weight excluding hydrogens is 202 g/mol. The number of methoxy groups -OCH3 is 1. The Kier molecular flexibility index (Phi) is 5.05. The summed E-state index contributed by atoms with van der Waals surface area (Å²) >= 11 is 0. The molecule has 0 aliphatic rings. The molecule has 0 spiro atoms. The van der Waals surface area contributed by atoms with Crippen molar-refractivity contribution in [1.29, 1.82) is 0 Å². The normalized spacial score (nSPS) is 12.4. The van der Waals surface area contributed by atoms with Gasteiger partial charge in [-0.25, -0.2) is 4.98 Å². The quantitative estimate of drug-likeness (QED) is 0.800. The van der Waals surface area contributed by atoms with Crippen LogP contribution in [0.5, 0.6) is 0 Å². The van der Waals surface area contributed by atoms with Gasteiger partial charge in [-0.2, -0.15) is 0 Å². The summed E-state index contributed by atoms with van der Waals surface area (Å²) in [5.41, 5.74) is 6.81. The van der Waals surface area contributed by atoms with Crippen molar-refractivity contribution in [3.8, 4) is 0 Å². The molecule has 16 heavy (non-hydrogen) atoms. The zero-order chi connectivity index (χ0) is 12.0. The first-order valence-electron chi connectivity index (χ1n) is 5.66. The van der Waals surface area contributed by atoms with Crippen LogP contribution in [0.3, 0.4) is 0 Å². The number of ether oxygens (including phenoxy) is 1. The van der Waals surface area contributed by atoms with Crippen molar-refractivity contribution >= 4 is 11.5 Å². The predicted molar refractivity (Wildman–Crippen MR) is 67.6 cm³/mol. The van der Waals surface area contributed by atoms with Crippen molar-refractivity contribution in [3.63, 3.8) is 0 Å². The standard InChI is InChI=1S/C12H21N3O/c1-4-10(2)15(7-8-16-3)11-5-6-14-12(13)9-11/h5-6,9-10H,4,7-8H2,1-3H3,(H2,13,14). The summed E-state index contributed by atoms with van der Waals surface area (Å²) in [5.74, 6) is 0.559. The second-order valence-electron chi connectivity index (χ2n) is 3.88. The monoisotopic (exact) mass is 223 g/mol. The average molecular weight is 223 g/mol. The zero-order valence-corrected chi connectivity index (χ0v) is 10.3. The highest BCUT2D eigenvalue weighted by atomic mass is 16.5. The molecule has 1 atom stereocenters. The van der Waals surface area contributed by atoms with E-state index in [-0.39, 0.29) is 0 Å². The minimum absolute atomic E-state index is 0.469. The number of nitrogens with two attached hydrogens (primary N) is 1. The lowest BCUT2D eigenvalue weighted by molar-refractivity contribution is 0.203. The molecule has 1 unspecified atom stereocenters. The van der Waals surface area contributed by atoms with Crippen molar-refractivity contribution in [1.82, 2.24) is 4.98 Å². The maximum Gasteiger partial charge on any atom is 0.125 e. The molecule has 4 heteroatoms. The second kappa shape index (κ2) is 6.33. The highest BCUT2D eigenvalue weighted by Gasteiger charge is 2.12. The van der Waals surface area contributed by atoms with E-state index in [9.17, 15) is 0 Å². The number of aromatic nitrogens is 1. The molecule has 2 N–H and O–H groups in total. The van der Waals surface area contributed by atoms with Crippen LogP contribution >= 0.6 is 0 Å². The van der Waals surface area contributed by atoms with Gasteiger partial charge in [-0.15, -0.1) is 0 Å². The summed E-state index contributed by atoms with van der Waals surface area (Å²) in [7, 11) is 1.72. The van der Waals surface area contributed by atoms with Gasteiger partial charge in [0, 0.05) is 37.6 Å². The Balaban J connectivity index is 2.82. The Labute approximate surface area is 97.4 Å². The van der Waals surface area contributed by atoms with Crippen LogP contribution < -0.4 is 10.6 Å². The summed E-state index contributed by atoms with van der Waals surface area (Å²) in [6.45, 7) is 5.96. The van der Waals surface area contributed by atoms with Crippen molar-refractivity contribution in [3.05, 3.63) is 18.3 Å². The lowest BCUT2D eigenvalue weighted by Crippen LogP contribution is -2.35. The van der Waals surface area contributed by atoms with Gasteiger partial charge < -0.3 is 15.4 Å². The molecule has 90 valence electrons. The molecule has 1 rings (SSSR count). The Hall–Kier alpha value is -1.29. The molecule has 1 aromatic heterocycles. The number of rotatable bonds is 6. The number of pyridine rings is 1. The van der Waals surface area contributed by atoms with Crippen LogP contribution in [-0.2, 0) is 4.74 Å². The zero-order valence-electron chi connectivity index (χ0n) is 10.3. The highest BCUT2D eigenvalue weighted by molar-refractivity contribution is 5.52. The van der Waals surface area contributed by atoms with Crippen LogP contribution in [0.15, 0.2) is 18.3 Å². The van der Waals surface area contributed by atoms with E-state index in [1.54, 1.807) is 13.3 Å². The van der Waals surface area contributed by atoms with Gasteiger partial charge in [0.05, 0.1) is 6.61 Å². The molecule has 0 aliphatic heterocycles. The molecule has 0 amide bonds. The third-order valence-corrected chi connectivity index (χ3v) is 2.76. The number of hydrogen-bond donors (Lipinski definition) is 1. The van der Waals surface area contributed by atoms with Crippen LogP contribution in [0.1, 0.15) is 20.3 Å². The molecule has 0 bridgehead atoms. The van der Waals surface area contributed by atoms with E-state index in [0.717, 1.165) is 18.7 Å². The van der Waals surface area contributed by atoms with Gasteiger partial charge >= 0.3 is 0 Å². The Morgan fingerprint density at radius 3 is 2.88 bits per heavy atom. The summed E-state index contributed by atoms with van der Waals surface area (Å²) < 4.78 is 5.13. The van der Waals surface area contributed by atoms with Crippen molar-refractivity contribution < 1.29 is 4.74 Å². The molecular formula is C12H21N3O. The van der Waals surface area contributed by atoms with Gasteiger partial charge in [0.2, 0.25) is 0 Å². The molecule has 4 nitrogen and oxygen atoms in total. The first-order chi connectivity index (χ1) is 7.69. The first kappa shape index (κ1) is 12.8. The fraction of sp³-hybridized carbons (Fsp3) is 0.583. The third-order valence-electron chi connectivity index (χ3n) is 2.76. The SMILES string of the molecule is CCC(C)N(CCOC)c1ccnc(N)c1. The van der Waals surface area contributed by atoms with Crippen LogP contribution in [0.25, 0.3) is 0 Å². The lowest BCUT2D eigenvalue weighted by atomic mass is 10.2. The average Bonchev–Trinajstić information content (AvgIpc) is 2.29. The highest BCUT2D eigenvalue weighted by Crippen LogP contribution is 2.19. The third kappa shape index (κ3) is 3.38. The molecule has 0 fully saturated rings. The smallest absolute Gasteiger partial charge is 0.125 e. The number of nitrogen functional groups attached to an aromatic ring is 1. The van der Waals surface area contributed by atoms with E-state index < -0.39 is 0 Å². The first-order valence-corrected chi connectivity index (χ1v) is 5.66. The maximum absolute atomic E-state index is 5.70. The summed E-state index contributed by atoms with van der Waals surface area (Å²) in [5, 5.41) is 0. The van der Waals surface area contributed by atoms with E-state index in [0.29, 0.717) is 18.5 Å². The van der Waals surface area contributed by atoms with Crippen LogP contribution in [0, 0.1) is 0 Å². The van der Waals surface area contributed by atoms with Gasteiger partial charge in [-0.3, -0.25) is 0 Å². The molecule has 0 saturated heterocycles. The van der Waals surface area contributed by atoms with E-state index in [1.807, 2.05) is 12.1 Å². The van der Waals surface area contributed by atoms with Gasteiger partial charge in [0.1, 0.15) is 5.82 Å². The summed E-state index contributed by atoms with van der Waals surface area (Å²) in [6.07, 6.45) is 2.83. The minimum atomic E-state index is 0.469. The molecule has 1 heterocycles. The Bertz CT molecular complexity index is 317. The van der Waals surface area contributed by atoms with Gasteiger partial charge in [0.25, 0.3) is 0 Å². The van der Waals surface area contributed by atoms with Crippen molar-refractivity contribution in [2.45, 2.75) is 26.3 Å². The van der Waals surface area contributed by atoms with E-state index in [4.69, 9.17) is 10.5 Å². The largest absolute Gasteiger partial charge is 0.384 e. The van der Waals surface area contributed by atoms with E-state index >= 15 is 0 Å². The van der Waals surface area contributed by atoms with Crippen LogP contribution in [0.2, 0.25) is 0 Å². The van der Waals surface area contributed by atoms with Crippen molar-refractivity contribution in [2.75, 3.05) is 30.9 Å². The fourth-order valence-electron chi connectivity index (χ4n) is 1.63. The topological polar surface area (TPSA) is 51.4 Å². The summed E-state index contributed by atoms with van der Waals surface area (Å²) in [6, 6.07) is 4.36. The van der Waals surface area contributed by atoms with Crippen LogP contribution in [0.4, 0.5) is 11.5 Å². The van der Waals surface area contributed by atoms with Crippen molar-refractivity contribution in [2.24, 2.45) is 0 Å². The minimum Gasteiger partial charge on any atom is -0.384 e. The second-order valence-corrected chi connectivity index (χ2v) is 3.88.